The highest BCUT2D eigenvalue weighted by atomic mass is 32.1. The van der Waals surface area contributed by atoms with Gasteiger partial charge in [0.25, 0.3) is 17.5 Å². The van der Waals surface area contributed by atoms with E-state index in [2.05, 4.69) is 0 Å². The van der Waals surface area contributed by atoms with Crippen LogP contribution in [0, 0.1) is 10.1 Å². The zero-order chi connectivity index (χ0) is 28.7. The Morgan fingerprint density at radius 3 is 2.20 bits per heavy atom. The molecule has 204 valence electrons. The van der Waals surface area contributed by atoms with Gasteiger partial charge in [-0.25, -0.2) is 4.79 Å². The quantitative estimate of drug-likeness (QED) is 0.127. The fraction of sp³-hybridized carbons (Fsp3) is 0.129. The minimum Gasteiger partial charge on any atom is -0.464 e. The van der Waals surface area contributed by atoms with Crippen LogP contribution in [-0.2, 0) is 9.53 Å². The number of fused-ring (bicyclic) bond motifs is 2. The van der Waals surface area contributed by atoms with E-state index in [-0.39, 0.29) is 23.4 Å². The van der Waals surface area contributed by atoms with Gasteiger partial charge in [0.05, 0.1) is 33.2 Å². The van der Waals surface area contributed by atoms with Crippen LogP contribution in [0.4, 0.5) is 5.69 Å². The number of rotatable bonds is 6. The molecule has 3 heterocycles. The third-order valence-corrected chi connectivity index (χ3v) is 8.09. The molecule has 4 aromatic rings. The van der Waals surface area contributed by atoms with Crippen molar-refractivity contribution in [3.8, 4) is 0 Å². The highest BCUT2D eigenvalue weighted by molar-refractivity contribution is 7.11. The number of thiophene rings is 1. The van der Waals surface area contributed by atoms with Crippen molar-refractivity contribution in [3.63, 3.8) is 0 Å². The fourth-order valence-corrected chi connectivity index (χ4v) is 6.18. The number of esters is 1. The van der Waals surface area contributed by atoms with Crippen molar-refractivity contribution in [2.45, 2.75) is 18.9 Å². The number of imide groups is 1. The van der Waals surface area contributed by atoms with Gasteiger partial charge in [0.1, 0.15) is 0 Å². The van der Waals surface area contributed by atoms with Crippen molar-refractivity contribution >= 4 is 46.6 Å². The molecule has 0 bridgehead atoms. The Hall–Kier alpha value is -5.09. The highest BCUT2D eigenvalue weighted by Crippen LogP contribution is 2.44. The van der Waals surface area contributed by atoms with Crippen LogP contribution < -0.4 is 0 Å². The molecule has 0 unspecified atom stereocenters. The molecule has 0 N–H and O–H groups in total. The van der Waals surface area contributed by atoms with Crippen LogP contribution in [0.5, 0.6) is 0 Å². The molecule has 2 aliphatic rings. The minimum atomic E-state index is -1.21. The van der Waals surface area contributed by atoms with E-state index in [1.807, 2.05) is 47.9 Å². The lowest BCUT2D eigenvalue weighted by Gasteiger charge is -2.40. The number of nitro benzene ring substituents is 1. The number of amides is 2. The summed E-state index contributed by atoms with van der Waals surface area (Å²) in [5.41, 5.74) is 2.95. The van der Waals surface area contributed by atoms with Crippen LogP contribution in [0.1, 0.15) is 55.1 Å². The van der Waals surface area contributed by atoms with E-state index in [1.165, 1.54) is 28.5 Å². The molecule has 0 spiro atoms. The van der Waals surface area contributed by atoms with Crippen molar-refractivity contribution in [2.75, 3.05) is 6.61 Å². The summed E-state index contributed by atoms with van der Waals surface area (Å²) in [4.78, 5) is 53.5. The second-order valence-electron chi connectivity index (χ2n) is 9.47. The molecule has 0 saturated heterocycles. The van der Waals surface area contributed by atoms with E-state index in [9.17, 15) is 24.5 Å². The molecule has 0 aliphatic carbocycles. The average molecular weight is 566 g/mol. The van der Waals surface area contributed by atoms with E-state index in [1.54, 1.807) is 43.3 Å². The van der Waals surface area contributed by atoms with Gasteiger partial charge in [-0.05, 0) is 53.3 Å². The Labute approximate surface area is 239 Å². The zero-order valence-corrected chi connectivity index (χ0v) is 22.6. The predicted octanol–water partition coefficient (Wildman–Crippen LogP) is 5.74. The molecule has 0 saturated carbocycles. The normalized spacial score (nSPS) is 17.9. The lowest BCUT2D eigenvalue weighted by Crippen LogP contribution is -2.55. The van der Waals surface area contributed by atoms with Gasteiger partial charge in [0.15, 0.2) is 6.04 Å². The van der Waals surface area contributed by atoms with Gasteiger partial charge in [-0.1, -0.05) is 54.6 Å². The van der Waals surface area contributed by atoms with Gasteiger partial charge in [-0.3, -0.25) is 24.7 Å². The maximum absolute atomic E-state index is 14.0. The Morgan fingerprint density at radius 2 is 1.59 bits per heavy atom. The lowest BCUT2D eigenvalue weighted by atomic mass is 9.83. The van der Waals surface area contributed by atoms with Crippen molar-refractivity contribution in [1.82, 2.24) is 10.0 Å². The first-order chi connectivity index (χ1) is 19.9. The SMILES string of the molecule is CCOC(=O)[C@@H]1[C@@H](c2ccc([N+](=O)[O-])cc2)c2ccccc2C=C(c2cccs2)N1N1C(=O)c2ccccc2C1=O. The van der Waals surface area contributed by atoms with E-state index in [4.69, 9.17) is 4.74 Å². The molecular weight excluding hydrogens is 542 g/mol. The van der Waals surface area contributed by atoms with Crippen LogP contribution in [0.2, 0.25) is 0 Å². The second-order valence-corrected chi connectivity index (χ2v) is 10.4. The molecular formula is C31H23N3O6S. The lowest BCUT2D eigenvalue weighted by molar-refractivity contribution is -0.384. The number of carbonyl (C=O) groups excluding carboxylic acids is 3. The number of nitro groups is 1. The molecule has 1 aromatic heterocycles. The van der Waals surface area contributed by atoms with Gasteiger partial charge in [0, 0.05) is 18.1 Å². The zero-order valence-electron chi connectivity index (χ0n) is 21.8. The number of carbonyl (C=O) groups is 3. The molecule has 2 aliphatic heterocycles. The number of ether oxygens (including phenoxy) is 1. The van der Waals surface area contributed by atoms with Crippen LogP contribution in [0.15, 0.2) is 90.3 Å². The molecule has 9 nitrogen and oxygen atoms in total. The van der Waals surface area contributed by atoms with Gasteiger partial charge in [0.2, 0.25) is 0 Å². The van der Waals surface area contributed by atoms with Crippen molar-refractivity contribution in [1.29, 1.82) is 0 Å². The summed E-state index contributed by atoms with van der Waals surface area (Å²) < 4.78 is 5.61. The Bertz CT molecular complexity index is 1680. The number of hydrogen-bond acceptors (Lipinski definition) is 8. The summed E-state index contributed by atoms with van der Waals surface area (Å²) in [6.07, 6.45) is 1.86. The monoisotopic (exact) mass is 565 g/mol. The number of hydrazine groups is 1. The molecule has 41 heavy (non-hydrogen) atoms. The predicted molar refractivity (Wildman–Crippen MR) is 153 cm³/mol. The number of nitrogens with zero attached hydrogens (tertiary/aromatic N) is 3. The Balaban J connectivity index is 1.64. The third-order valence-electron chi connectivity index (χ3n) is 7.20. The number of hydrogen-bond donors (Lipinski definition) is 0. The molecule has 2 atom stereocenters. The fourth-order valence-electron chi connectivity index (χ4n) is 5.44. The molecule has 0 radical (unpaired) electrons. The molecule has 0 fully saturated rings. The first-order valence-electron chi connectivity index (χ1n) is 12.9. The maximum Gasteiger partial charge on any atom is 0.331 e. The van der Waals surface area contributed by atoms with Crippen molar-refractivity contribution in [3.05, 3.63) is 133 Å². The summed E-state index contributed by atoms with van der Waals surface area (Å²) in [6.45, 7) is 1.75. The average Bonchev–Trinajstić information content (AvgIpc) is 3.57. The van der Waals surface area contributed by atoms with Crippen molar-refractivity contribution < 1.29 is 24.0 Å². The van der Waals surface area contributed by atoms with E-state index >= 15 is 0 Å². The largest absolute Gasteiger partial charge is 0.464 e. The van der Waals surface area contributed by atoms with Gasteiger partial charge in [-0.2, -0.15) is 5.01 Å². The van der Waals surface area contributed by atoms with Crippen LogP contribution in [0.25, 0.3) is 11.8 Å². The molecule has 6 rings (SSSR count). The highest BCUT2D eigenvalue weighted by Gasteiger charge is 2.49. The van der Waals surface area contributed by atoms with Crippen LogP contribution in [-0.4, -0.2) is 45.4 Å². The third kappa shape index (κ3) is 4.38. The number of non-ortho nitro benzene ring substituents is 1. The molecule has 10 heteroatoms. The Kier molecular flexibility index (Phi) is 6.68. The minimum absolute atomic E-state index is 0.0674. The summed E-state index contributed by atoms with van der Waals surface area (Å²) in [5.74, 6) is -2.53. The molecule has 2 amide bonds. The smallest absolute Gasteiger partial charge is 0.331 e. The van der Waals surface area contributed by atoms with Gasteiger partial charge in [-0.15, -0.1) is 11.3 Å². The number of benzene rings is 3. The van der Waals surface area contributed by atoms with E-state index < -0.39 is 34.7 Å². The summed E-state index contributed by atoms with van der Waals surface area (Å²) in [6, 6.07) is 22.5. The topological polar surface area (TPSA) is 110 Å². The standard InChI is InChI=1S/C31H23N3O6S/c1-2-40-31(37)28-27(19-13-15-21(16-14-19)34(38)39)22-9-4-3-8-20(22)18-25(26-12-7-17-41-26)32(28)33-29(35)23-10-5-6-11-24(23)30(33)36/h3-18,27-28H,2H2,1H3/t27-,28-/m0/s1. The maximum atomic E-state index is 14.0. The Morgan fingerprint density at radius 1 is 0.927 bits per heavy atom. The van der Waals surface area contributed by atoms with Gasteiger partial charge >= 0.3 is 5.97 Å². The van der Waals surface area contributed by atoms with E-state index in [0.717, 1.165) is 21.0 Å². The summed E-state index contributed by atoms with van der Waals surface area (Å²) >= 11 is 1.41. The second kappa shape index (κ2) is 10.5. The first-order valence-corrected chi connectivity index (χ1v) is 13.8. The molecule has 3 aromatic carbocycles. The van der Waals surface area contributed by atoms with Crippen molar-refractivity contribution in [2.24, 2.45) is 0 Å². The summed E-state index contributed by atoms with van der Waals surface area (Å²) in [7, 11) is 0. The van der Waals surface area contributed by atoms with Crippen LogP contribution >= 0.6 is 11.3 Å². The van der Waals surface area contributed by atoms with Gasteiger partial charge < -0.3 is 4.74 Å². The van der Waals surface area contributed by atoms with E-state index in [0.29, 0.717) is 11.3 Å². The van der Waals surface area contributed by atoms with Crippen LogP contribution in [0.3, 0.4) is 0 Å². The first kappa shape index (κ1) is 26.1. The summed E-state index contributed by atoms with van der Waals surface area (Å²) in [5, 5.41) is 15.8.